The molecule has 2 amide bonds. The number of likely N-dealkylation sites (N-methyl/N-ethyl adjacent to an activating group) is 1. The zero-order chi connectivity index (χ0) is 22.8. The molecule has 1 atom stereocenters. The van der Waals surface area contributed by atoms with Crippen molar-refractivity contribution < 1.29 is 19.1 Å². The molecule has 6 nitrogen and oxygen atoms in total. The molecule has 1 N–H and O–H groups in total. The van der Waals surface area contributed by atoms with Gasteiger partial charge in [0.25, 0.3) is 0 Å². The lowest BCUT2D eigenvalue weighted by Crippen LogP contribution is -2.49. The van der Waals surface area contributed by atoms with Crippen LogP contribution in [0, 0.1) is 6.92 Å². The fourth-order valence-electron chi connectivity index (χ4n) is 3.61. The summed E-state index contributed by atoms with van der Waals surface area (Å²) in [7, 11) is 3.19. The summed E-state index contributed by atoms with van der Waals surface area (Å²) in [5.41, 5.74) is 3.13. The third kappa shape index (κ3) is 6.48. The number of amides is 2. The highest BCUT2D eigenvalue weighted by molar-refractivity contribution is 5.87. The minimum Gasteiger partial charge on any atom is -0.493 e. The minimum absolute atomic E-state index is 0.0452. The Labute approximate surface area is 185 Å². The van der Waals surface area contributed by atoms with Crippen LogP contribution >= 0.6 is 0 Å². The van der Waals surface area contributed by atoms with E-state index in [9.17, 15) is 9.59 Å². The zero-order valence-corrected chi connectivity index (χ0v) is 19.2. The summed E-state index contributed by atoms with van der Waals surface area (Å²) in [6, 6.07) is 13.1. The quantitative estimate of drug-likeness (QED) is 0.592. The molecule has 2 rings (SSSR count). The van der Waals surface area contributed by atoms with Gasteiger partial charge in [-0.15, -0.1) is 0 Å². The smallest absolute Gasteiger partial charge is 0.242 e. The summed E-state index contributed by atoms with van der Waals surface area (Å²) >= 11 is 0. The Morgan fingerprint density at radius 1 is 1.03 bits per heavy atom. The lowest BCUT2D eigenvalue weighted by atomic mass is 10.0. The van der Waals surface area contributed by atoms with Gasteiger partial charge in [-0.3, -0.25) is 9.59 Å². The number of carbonyl (C=O) groups is 2. The maximum Gasteiger partial charge on any atom is 0.242 e. The van der Waals surface area contributed by atoms with Crippen LogP contribution in [0.4, 0.5) is 0 Å². The predicted octanol–water partition coefficient (Wildman–Crippen LogP) is 3.89. The van der Waals surface area contributed by atoms with Crippen molar-refractivity contribution in [1.29, 1.82) is 0 Å². The van der Waals surface area contributed by atoms with E-state index in [1.54, 1.807) is 19.1 Å². The number of ether oxygens (including phenoxy) is 2. The average molecular weight is 427 g/mol. The molecule has 0 aliphatic rings. The first-order chi connectivity index (χ1) is 14.9. The van der Waals surface area contributed by atoms with E-state index in [2.05, 4.69) is 5.32 Å². The highest BCUT2D eigenvalue weighted by Crippen LogP contribution is 2.28. The maximum atomic E-state index is 13.3. The van der Waals surface area contributed by atoms with Crippen LogP contribution in [0.5, 0.6) is 11.5 Å². The molecule has 0 saturated carbocycles. The van der Waals surface area contributed by atoms with Crippen molar-refractivity contribution in [2.45, 2.75) is 52.6 Å². The van der Waals surface area contributed by atoms with Crippen molar-refractivity contribution in [3.63, 3.8) is 0 Å². The van der Waals surface area contributed by atoms with Crippen LogP contribution in [-0.4, -0.2) is 43.5 Å². The Kier molecular flexibility index (Phi) is 9.38. The number of carbonyl (C=O) groups excluding carboxylic acids is 2. The van der Waals surface area contributed by atoms with Crippen LogP contribution in [0.2, 0.25) is 0 Å². The molecule has 1 unspecified atom stereocenters. The lowest BCUT2D eigenvalue weighted by molar-refractivity contribution is -0.141. The topological polar surface area (TPSA) is 67.9 Å². The SMILES string of the molecule is CCNC(=O)C(CC)N(Cc1ccccc1C)C(=O)CCc1ccc(OC)c(OC)c1. The first-order valence-corrected chi connectivity index (χ1v) is 10.8. The number of aryl methyl sites for hydroxylation is 2. The maximum absolute atomic E-state index is 13.3. The van der Waals surface area contributed by atoms with E-state index in [1.165, 1.54) is 0 Å². The molecule has 2 aromatic carbocycles. The van der Waals surface area contributed by atoms with Gasteiger partial charge in [0.05, 0.1) is 14.2 Å². The Morgan fingerprint density at radius 3 is 2.35 bits per heavy atom. The molecule has 0 aromatic heterocycles. The van der Waals surface area contributed by atoms with E-state index >= 15 is 0 Å². The van der Waals surface area contributed by atoms with Gasteiger partial charge in [-0.1, -0.05) is 37.3 Å². The monoisotopic (exact) mass is 426 g/mol. The molecule has 0 aliphatic carbocycles. The van der Waals surface area contributed by atoms with Crippen LogP contribution < -0.4 is 14.8 Å². The van der Waals surface area contributed by atoms with Crippen molar-refractivity contribution in [1.82, 2.24) is 10.2 Å². The van der Waals surface area contributed by atoms with E-state index in [0.717, 1.165) is 16.7 Å². The molecule has 2 aromatic rings. The molecule has 0 fully saturated rings. The first-order valence-electron chi connectivity index (χ1n) is 10.8. The van der Waals surface area contributed by atoms with Gasteiger partial charge in [0, 0.05) is 19.5 Å². The van der Waals surface area contributed by atoms with Crippen LogP contribution in [0.3, 0.4) is 0 Å². The average Bonchev–Trinajstić information content (AvgIpc) is 2.78. The number of benzene rings is 2. The minimum atomic E-state index is -0.502. The van der Waals surface area contributed by atoms with E-state index in [1.807, 2.05) is 63.2 Å². The fraction of sp³-hybridized carbons (Fsp3) is 0.440. The summed E-state index contributed by atoms with van der Waals surface area (Å²) in [6.45, 7) is 6.79. The van der Waals surface area contributed by atoms with Gasteiger partial charge >= 0.3 is 0 Å². The van der Waals surface area contributed by atoms with Crippen LogP contribution in [0.1, 0.15) is 43.4 Å². The van der Waals surface area contributed by atoms with Gasteiger partial charge in [-0.05, 0) is 55.5 Å². The van der Waals surface area contributed by atoms with Crippen LogP contribution in [0.15, 0.2) is 42.5 Å². The third-order valence-corrected chi connectivity index (χ3v) is 5.41. The fourth-order valence-corrected chi connectivity index (χ4v) is 3.61. The van der Waals surface area contributed by atoms with Gasteiger partial charge in [-0.25, -0.2) is 0 Å². The highest BCUT2D eigenvalue weighted by atomic mass is 16.5. The molecule has 0 spiro atoms. The Balaban J connectivity index is 2.22. The number of nitrogens with one attached hydrogen (secondary N) is 1. The number of hydrogen-bond acceptors (Lipinski definition) is 4. The molecule has 6 heteroatoms. The van der Waals surface area contributed by atoms with Crippen LogP contribution in [-0.2, 0) is 22.6 Å². The van der Waals surface area contributed by atoms with Gasteiger partial charge in [0.2, 0.25) is 11.8 Å². The second-order valence-corrected chi connectivity index (χ2v) is 7.46. The molecule has 0 radical (unpaired) electrons. The Hall–Kier alpha value is -3.02. The number of methoxy groups -OCH3 is 2. The summed E-state index contributed by atoms with van der Waals surface area (Å²) < 4.78 is 10.6. The molecule has 0 bridgehead atoms. The van der Waals surface area contributed by atoms with Crippen LogP contribution in [0.25, 0.3) is 0 Å². The number of hydrogen-bond donors (Lipinski definition) is 1. The standard InChI is InChI=1S/C25H34N2O4/c1-6-21(25(29)26-7-2)27(17-20-11-9-8-10-18(20)3)24(28)15-13-19-12-14-22(30-4)23(16-19)31-5/h8-12,14,16,21H,6-7,13,15,17H2,1-5H3,(H,26,29). The van der Waals surface area contributed by atoms with Crippen molar-refractivity contribution in [3.05, 3.63) is 59.2 Å². The molecule has 0 aliphatic heterocycles. The van der Waals surface area contributed by atoms with E-state index in [0.29, 0.717) is 43.9 Å². The molecule has 168 valence electrons. The van der Waals surface area contributed by atoms with E-state index in [4.69, 9.17) is 9.47 Å². The molecule has 0 saturated heterocycles. The lowest BCUT2D eigenvalue weighted by Gasteiger charge is -2.31. The van der Waals surface area contributed by atoms with Crippen molar-refractivity contribution in [3.8, 4) is 11.5 Å². The van der Waals surface area contributed by atoms with Crippen molar-refractivity contribution in [2.24, 2.45) is 0 Å². The van der Waals surface area contributed by atoms with Gasteiger partial charge in [0.15, 0.2) is 11.5 Å². The zero-order valence-electron chi connectivity index (χ0n) is 19.2. The van der Waals surface area contributed by atoms with Crippen molar-refractivity contribution >= 4 is 11.8 Å². The summed E-state index contributed by atoms with van der Waals surface area (Å²) in [4.78, 5) is 27.7. The second kappa shape index (κ2) is 12.0. The van der Waals surface area contributed by atoms with E-state index in [-0.39, 0.29) is 11.8 Å². The summed E-state index contributed by atoms with van der Waals surface area (Å²) in [5.74, 6) is 1.13. The van der Waals surface area contributed by atoms with E-state index < -0.39 is 6.04 Å². The normalized spacial score (nSPS) is 11.5. The molecule has 31 heavy (non-hydrogen) atoms. The third-order valence-electron chi connectivity index (χ3n) is 5.41. The highest BCUT2D eigenvalue weighted by Gasteiger charge is 2.28. The van der Waals surface area contributed by atoms with Gasteiger partial charge in [-0.2, -0.15) is 0 Å². The first kappa shape index (κ1) is 24.3. The molecular weight excluding hydrogens is 392 g/mol. The summed E-state index contributed by atoms with van der Waals surface area (Å²) in [6.07, 6.45) is 1.41. The largest absolute Gasteiger partial charge is 0.493 e. The molecule has 0 heterocycles. The Morgan fingerprint density at radius 2 is 1.74 bits per heavy atom. The van der Waals surface area contributed by atoms with Gasteiger partial charge < -0.3 is 19.7 Å². The van der Waals surface area contributed by atoms with Gasteiger partial charge in [0.1, 0.15) is 6.04 Å². The summed E-state index contributed by atoms with van der Waals surface area (Å²) in [5, 5.41) is 2.87. The number of nitrogens with zero attached hydrogens (tertiary/aromatic N) is 1. The molecular formula is C25H34N2O4. The Bertz CT molecular complexity index is 882. The van der Waals surface area contributed by atoms with Crippen molar-refractivity contribution in [2.75, 3.05) is 20.8 Å². The predicted molar refractivity (Wildman–Crippen MR) is 122 cm³/mol. The second-order valence-electron chi connectivity index (χ2n) is 7.46. The number of rotatable bonds is 11.